The second-order valence-corrected chi connectivity index (χ2v) is 8.81. The van der Waals surface area contributed by atoms with E-state index in [1.54, 1.807) is 0 Å². The largest absolute Gasteiger partial charge is 0.316 e. The molecular formula is C15H28N2S. The smallest absolute Gasteiger partial charge is 0.0243 e. The van der Waals surface area contributed by atoms with Gasteiger partial charge in [0.15, 0.2) is 0 Å². The van der Waals surface area contributed by atoms with Crippen LogP contribution in [0.5, 0.6) is 0 Å². The molecular weight excluding hydrogens is 240 g/mol. The molecule has 0 bridgehead atoms. The number of fused-ring (bicyclic) bond motifs is 1. The van der Waals surface area contributed by atoms with E-state index in [0.29, 0.717) is 11.0 Å². The molecule has 2 nitrogen and oxygen atoms in total. The summed E-state index contributed by atoms with van der Waals surface area (Å²) in [5.74, 6) is 4.44. The summed E-state index contributed by atoms with van der Waals surface area (Å²) in [7, 11) is 0. The maximum atomic E-state index is 3.59. The highest BCUT2D eigenvalue weighted by atomic mass is 32.2. The Morgan fingerprint density at radius 2 is 1.94 bits per heavy atom. The molecule has 0 spiro atoms. The van der Waals surface area contributed by atoms with Crippen LogP contribution in [0.1, 0.15) is 34.1 Å². The van der Waals surface area contributed by atoms with Gasteiger partial charge in [-0.15, -0.1) is 0 Å². The van der Waals surface area contributed by atoms with Crippen LogP contribution in [-0.4, -0.2) is 47.6 Å². The lowest BCUT2D eigenvalue weighted by atomic mass is 9.78. The molecule has 0 amide bonds. The van der Waals surface area contributed by atoms with E-state index in [0.717, 1.165) is 17.9 Å². The number of thioether (sulfide) groups is 1. The fourth-order valence-electron chi connectivity index (χ4n) is 4.42. The molecule has 0 radical (unpaired) electrons. The number of nitrogens with zero attached hydrogens (tertiary/aromatic N) is 1. The molecule has 3 aliphatic rings. The molecule has 0 aliphatic carbocycles. The predicted molar refractivity (Wildman–Crippen MR) is 80.1 cm³/mol. The molecule has 0 aromatic rings. The van der Waals surface area contributed by atoms with Gasteiger partial charge in [-0.05, 0) is 49.8 Å². The van der Waals surface area contributed by atoms with Crippen LogP contribution in [0.4, 0.5) is 0 Å². The molecule has 3 fully saturated rings. The summed E-state index contributed by atoms with van der Waals surface area (Å²) in [5, 5.41) is 3.59. The van der Waals surface area contributed by atoms with Crippen molar-refractivity contribution in [3.8, 4) is 0 Å². The van der Waals surface area contributed by atoms with Gasteiger partial charge >= 0.3 is 0 Å². The standard InChI is InChI=1S/C15H28N2S/c1-14(2)5-6-18-10-13(14)17-9-11-7-16-8-12(11)15(17,3)4/h11-13,16H,5-10H2,1-4H3. The second kappa shape index (κ2) is 4.39. The van der Waals surface area contributed by atoms with E-state index in [1.807, 2.05) is 0 Å². The number of hydrogen-bond acceptors (Lipinski definition) is 3. The third-order valence-corrected chi connectivity index (χ3v) is 6.91. The summed E-state index contributed by atoms with van der Waals surface area (Å²) < 4.78 is 0. The number of nitrogens with one attached hydrogen (secondary N) is 1. The first-order chi connectivity index (χ1) is 8.43. The molecule has 3 heterocycles. The number of likely N-dealkylation sites (tertiary alicyclic amines) is 1. The highest BCUT2D eigenvalue weighted by Gasteiger charge is 2.53. The van der Waals surface area contributed by atoms with Crippen molar-refractivity contribution in [2.45, 2.75) is 45.7 Å². The number of hydrogen-bond donors (Lipinski definition) is 1. The monoisotopic (exact) mass is 268 g/mol. The van der Waals surface area contributed by atoms with E-state index in [2.05, 4.69) is 49.7 Å². The Hall–Kier alpha value is 0.270. The molecule has 0 aromatic heterocycles. The van der Waals surface area contributed by atoms with Gasteiger partial charge in [-0.2, -0.15) is 11.8 Å². The van der Waals surface area contributed by atoms with Crippen LogP contribution in [0.25, 0.3) is 0 Å². The third-order valence-electron chi connectivity index (χ3n) is 5.86. The molecule has 3 heteroatoms. The summed E-state index contributed by atoms with van der Waals surface area (Å²) in [5.41, 5.74) is 0.878. The van der Waals surface area contributed by atoms with Crippen LogP contribution >= 0.6 is 11.8 Å². The Morgan fingerprint density at radius 3 is 2.61 bits per heavy atom. The molecule has 0 saturated carbocycles. The lowest BCUT2D eigenvalue weighted by Gasteiger charge is -2.49. The Balaban J connectivity index is 1.84. The first kappa shape index (κ1) is 13.3. The summed E-state index contributed by atoms with van der Waals surface area (Å²) >= 11 is 2.16. The molecule has 3 rings (SSSR count). The van der Waals surface area contributed by atoms with Crippen LogP contribution in [-0.2, 0) is 0 Å². The van der Waals surface area contributed by atoms with Crippen molar-refractivity contribution in [3.05, 3.63) is 0 Å². The SMILES string of the molecule is CC1(C)CCSCC1N1CC2CNCC2C1(C)C. The normalized spacial score (nSPS) is 43.0. The van der Waals surface area contributed by atoms with Crippen molar-refractivity contribution in [3.63, 3.8) is 0 Å². The third kappa shape index (κ3) is 1.94. The van der Waals surface area contributed by atoms with Gasteiger partial charge < -0.3 is 5.32 Å². The van der Waals surface area contributed by atoms with Crippen LogP contribution in [0.3, 0.4) is 0 Å². The highest BCUT2D eigenvalue weighted by molar-refractivity contribution is 7.99. The van der Waals surface area contributed by atoms with E-state index in [1.165, 1.54) is 37.6 Å². The maximum Gasteiger partial charge on any atom is 0.0243 e. The summed E-state index contributed by atoms with van der Waals surface area (Å²) in [6, 6.07) is 0.775. The fourth-order valence-corrected chi connectivity index (χ4v) is 6.11. The van der Waals surface area contributed by atoms with Crippen LogP contribution < -0.4 is 5.32 Å². The lowest BCUT2D eigenvalue weighted by molar-refractivity contribution is 0.0314. The van der Waals surface area contributed by atoms with Crippen LogP contribution in [0.15, 0.2) is 0 Å². The minimum Gasteiger partial charge on any atom is -0.316 e. The highest BCUT2D eigenvalue weighted by Crippen LogP contribution is 2.47. The quantitative estimate of drug-likeness (QED) is 0.786. The molecule has 3 atom stereocenters. The molecule has 1 N–H and O–H groups in total. The molecule has 3 aliphatic heterocycles. The second-order valence-electron chi connectivity index (χ2n) is 7.66. The van der Waals surface area contributed by atoms with Crippen molar-refractivity contribution in [1.82, 2.24) is 10.2 Å². The fraction of sp³-hybridized carbons (Fsp3) is 1.00. The van der Waals surface area contributed by atoms with Crippen molar-refractivity contribution < 1.29 is 0 Å². The maximum absolute atomic E-state index is 3.59. The Morgan fingerprint density at radius 1 is 1.17 bits per heavy atom. The van der Waals surface area contributed by atoms with Crippen LogP contribution in [0, 0.1) is 17.3 Å². The van der Waals surface area contributed by atoms with Crippen LogP contribution in [0.2, 0.25) is 0 Å². The van der Waals surface area contributed by atoms with E-state index in [4.69, 9.17) is 0 Å². The lowest BCUT2D eigenvalue weighted by Crippen LogP contribution is -2.56. The molecule has 3 saturated heterocycles. The van der Waals surface area contributed by atoms with Crippen molar-refractivity contribution >= 4 is 11.8 Å². The first-order valence-corrected chi connectivity index (χ1v) is 8.63. The molecule has 104 valence electrons. The van der Waals surface area contributed by atoms with Gasteiger partial charge in [-0.1, -0.05) is 13.8 Å². The minimum absolute atomic E-state index is 0.383. The molecule has 0 aromatic carbocycles. The zero-order chi connectivity index (χ0) is 13.0. The van der Waals surface area contributed by atoms with Gasteiger partial charge in [0.25, 0.3) is 0 Å². The van der Waals surface area contributed by atoms with Gasteiger partial charge in [-0.25, -0.2) is 0 Å². The van der Waals surface area contributed by atoms with E-state index < -0.39 is 0 Å². The average Bonchev–Trinajstić information content (AvgIpc) is 2.82. The first-order valence-electron chi connectivity index (χ1n) is 7.48. The number of rotatable bonds is 1. The summed E-state index contributed by atoms with van der Waals surface area (Å²) in [4.78, 5) is 2.87. The summed E-state index contributed by atoms with van der Waals surface area (Å²) in [6.45, 7) is 13.7. The van der Waals surface area contributed by atoms with Gasteiger partial charge in [0.2, 0.25) is 0 Å². The van der Waals surface area contributed by atoms with Gasteiger partial charge in [0.1, 0.15) is 0 Å². The van der Waals surface area contributed by atoms with E-state index in [-0.39, 0.29) is 0 Å². The van der Waals surface area contributed by atoms with Gasteiger partial charge in [-0.3, -0.25) is 4.90 Å². The Labute approximate surface area is 116 Å². The van der Waals surface area contributed by atoms with Gasteiger partial charge in [0.05, 0.1) is 0 Å². The Bertz CT molecular complexity index is 326. The summed E-state index contributed by atoms with van der Waals surface area (Å²) in [6.07, 6.45) is 1.38. The Kier molecular flexibility index (Phi) is 3.23. The topological polar surface area (TPSA) is 15.3 Å². The van der Waals surface area contributed by atoms with E-state index in [9.17, 15) is 0 Å². The molecule has 18 heavy (non-hydrogen) atoms. The zero-order valence-electron chi connectivity index (χ0n) is 12.3. The predicted octanol–water partition coefficient (Wildman–Crippen LogP) is 2.45. The molecule has 3 unspecified atom stereocenters. The van der Waals surface area contributed by atoms with Gasteiger partial charge in [0, 0.05) is 30.4 Å². The average molecular weight is 268 g/mol. The van der Waals surface area contributed by atoms with Crippen molar-refractivity contribution in [2.24, 2.45) is 17.3 Å². The zero-order valence-corrected chi connectivity index (χ0v) is 13.1. The van der Waals surface area contributed by atoms with Crippen molar-refractivity contribution in [1.29, 1.82) is 0 Å². The minimum atomic E-state index is 0.383. The van der Waals surface area contributed by atoms with Crippen molar-refractivity contribution in [2.75, 3.05) is 31.1 Å². The van der Waals surface area contributed by atoms with E-state index >= 15 is 0 Å².